The van der Waals surface area contributed by atoms with Gasteiger partial charge in [0.05, 0.1) is 37.1 Å². The van der Waals surface area contributed by atoms with Gasteiger partial charge in [0.15, 0.2) is 0 Å². The summed E-state index contributed by atoms with van der Waals surface area (Å²) < 4.78 is 32.5. The molecule has 12 nitrogen and oxygen atoms in total. The Kier molecular flexibility index (Phi) is 16.6. The number of carbonyl (C=O) groups is 1. The van der Waals surface area contributed by atoms with Crippen LogP contribution >= 0.6 is 0 Å². The second kappa shape index (κ2) is 22.9. The fourth-order valence-corrected chi connectivity index (χ4v) is 9.59. The molecular formula is C52H63N3O9. The Bertz CT molecular complexity index is 2180. The highest BCUT2D eigenvalue weighted by Crippen LogP contribution is 2.61. The molecule has 7 rings (SSSR count). The maximum atomic E-state index is 14.2. The molecule has 64 heavy (non-hydrogen) atoms. The number of carbonyl (C=O) groups excluding carboxylic acids is 1. The van der Waals surface area contributed by atoms with Crippen LogP contribution in [0.25, 0.3) is 0 Å². The minimum Gasteiger partial charge on any atom is -0.487 e. The molecule has 3 aromatic carbocycles. The van der Waals surface area contributed by atoms with Crippen molar-refractivity contribution in [3.63, 3.8) is 0 Å². The van der Waals surface area contributed by atoms with Crippen molar-refractivity contribution in [2.75, 3.05) is 40.1 Å². The van der Waals surface area contributed by atoms with Crippen LogP contribution in [-0.4, -0.2) is 83.8 Å². The number of oxime groups is 1. The first-order valence-electron chi connectivity index (χ1n) is 22.7. The molecule has 2 aliphatic carbocycles. The van der Waals surface area contributed by atoms with Gasteiger partial charge in [-0.2, -0.15) is 0 Å². The molecule has 1 saturated carbocycles. The molecule has 0 saturated heterocycles. The van der Waals surface area contributed by atoms with Crippen LogP contribution in [0, 0.1) is 24.7 Å². The number of allylic oxidation sites excluding steroid dienone is 1. The third-order valence-electron chi connectivity index (χ3n) is 12.5. The lowest BCUT2D eigenvalue weighted by Gasteiger charge is -2.59. The molecule has 4 aromatic rings. The summed E-state index contributed by atoms with van der Waals surface area (Å²) in [5.41, 5.74) is 6.36. The molecule has 6 atom stereocenters. The molecule has 1 aromatic heterocycles. The molecule has 0 bridgehead atoms. The van der Waals surface area contributed by atoms with Gasteiger partial charge in [-0.05, 0) is 91.5 Å². The van der Waals surface area contributed by atoms with Crippen LogP contribution in [0.2, 0.25) is 0 Å². The summed E-state index contributed by atoms with van der Waals surface area (Å²) in [6.45, 7) is 7.56. The maximum absolute atomic E-state index is 14.2. The van der Waals surface area contributed by atoms with Gasteiger partial charge in [-0.1, -0.05) is 96.9 Å². The summed E-state index contributed by atoms with van der Waals surface area (Å²) in [7, 11) is 1.72. The minimum atomic E-state index is -1.41. The number of aliphatic hydroxyl groups is 2. The van der Waals surface area contributed by atoms with Crippen molar-refractivity contribution in [2.24, 2.45) is 22.9 Å². The highest BCUT2D eigenvalue weighted by Gasteiger charge is 2.65. The fraction of sp³-hybridized carbons (Fsp3) is 0.442. The van der Waals surface area contributed by atoms with Gasteiger partial charge in [0.1, 0.15) is 37.4 Å². The molecule has 340 valence electrons. The molecule has 0 radical (unpaired) electrons. The maximum Gasteiger partial charge on any atom is 0.410 e. The molecule has 12 heteroatoms. The van der Waals surface area contributed by atoms with E-state index in [1.54, 1.807) is 18.0 Å². The van der Waals surface area contributed by atoms with E-state index in [0.717, 1.165) is 59.3 Å². The van der Waals surface area contributed by atoms with Gasteiger partial charge in [0.2, 0.25) is 5.79 Å². The van der Waals surface area contributed by atoms with Crippen molar-refractivity contribution in [2.45, 2.75) is 89.4 Å². The van der Waals surface area contributed by atoms with E-state index in [-0.39, 0.29) is 63.8 Å². The van der Waals surface area contributed by atoms with E-state index in [2.05, 4.69) is 23.7 Å². The summed E-state index contributed by atoms with van der Waals surface area (Å²) >= 11 is 0. The first-order chi connectivity index (χ1) is 31.3. The summed E-state index contributed by atoms with van der Waals surface area (Å²) in [5, 5.41) is 24.8. The van der Waals surface area contributed by atoms with E-state index in [1.165, 1.54) is 0 Å². The third kappa shape index (κ3) is 11.2. The van der Waals surface area contributed by atoms with Crippen molar-refractivity contribution in [3.05, 3.63) is 149 Å². The van der Waals surface area contributed by atoms with E-state index in [9.17, 15) is 15.0 Å². The average Bonchev–Trinajstić information content (AvgIpc) is 3.31. The van der Waals surface area contributed by atoms with Crippen molar-refractivity contribution in [1.29, 1.82) is 0 Å². The Balaban J connectivity index is 1.30. The molecule has 3 aliphatic rings. The van der Waals surface area contributed by atoms with Gasteiger partial charge in [0, 0.05) is 43.9 Å². The van der Waals surface area contributed by atoms with Crippen LogP contribution in [0.5, 0.6) is 11.5 Å². The number of aryl methyl sites for hydroxylation is 1. The van der Waals surface area contributed by atoms with Crippen LogP contribution < -0.4 is 9.47 Å². The monoisotopic (exact) mass is 873 g/mol. The number of benzene rings is 3. The number of rotatable bonds is 23. The van der Waals surface area contributed by atoms with Crippen molar-refractivity contribution in [3.8, 4) is 11.5 Å². The Morgan fingerprint density at radius 1 is 0.906 bits per heavy atom. The van der Waals surface area contributed by atoms with E-state index in [1.807, 2.05) is 97.9 Å². The Hall–Kier alpha value is -5.53. The number of pyridine rings is 1. The van der Waals surface area contributed by atoms with Crippen molar-refractivity contribution >= 4 is 11.8 Å². The Labute approximate surface area is 377 Å². The van der Waals surface area contributed by atoms with Crippen LogP contribution in [0.1, 0.15) is 78.9 Å². The minimum absolute atomic E-state index is 0.0502. The SMILES string of the molecule is C=CCO[C@@]12Oc3ccc(OCc4cccc(C)n4)cc3[C@H]3[C@H](CCCCO)[C@@H](CCCCO)C=C(C(=NOCc4ccccc4)C[C@@H]1N(C)C(=O)OCCOCc1ccccc1)[C@H]32. The van der Waals surface area contributed by atoms with E-state index in [0.29, 0.717) is 43.3 Å². The smallest absolute Gasteiger partial charge is 0.410 e. The third-order valence-corrected chi connectivity index (χ3v) is 12.5. The quantitative estimate of drug-likeness (QED) is 0.0421. The van der Waals surface area contributed by atoms with Crippen molar-refractivity contribution < 1.29 is 43.5 Å². The molecule has 2 N–H and O–H groups in total. The number of likely N-dealkylation sites (N-methyl/N-ethyl adjacent to an activating group) is 1. The molecule has 1 fully saturated rings. The second-order valence-electron chi connectivity index (χ2n) is 16.9. The first kappa shape index (κ1) is 46.5. The fourth-order valence-electron chi connectivity index (χ4n) is 9.59. The normalized spacial score (nSPS) is 22.7. The van der Waals surface area contributed by atoms with Gasteiger partial charge < -0.3 is 43.6 Å². The standard InChI is InChI=1S/C52H63N3O9/c1-4-28-62-52-48(55(3)51(58)60-30-29-59-34-38-17-7-5-8-18-38)33-46(54-63-35-39-19-9-6-10-20-39)44-31-40(21-11-13-26-56)43(23-12-14-27-57)49(50(44)52)45-32-42(24-25-47(45)64-52)61-36-41-22-15-16-37(2)53-41/h4-10,15-20,22,24-25,31-32,40,43,48-50,56-57H,1,11-14,21,23,26-30,33-36H2,2-3H3/t40-,43+,48-,49+,50+,52+/m0/s1. The Morgan fingerprint density at radius 3 is 2.36 bits per heavy atom. The van der Waals surface area contributed by atoms with Crippen LogP contribution in [0.4, 0.5) is 4.79 Å². The highest BCUT2D eigenvalue weighted by molar-refractivity contribution is 6.03. The topological polar surface area (TPSA) is 141 Å². The summed E-state index contributed by atoms with van der Waals surface area (Å²) in [5.74, 6) is -0.627. The number of ether oxygens (including phenoxy) is 5. The number of aromatic nitrogens is 1. The molecule has 0 spiro atoms. The largest absolute Gasteiger partial charge is 0.487 e. The lowest BCUT2D eigenvalue weighted by molar-refractivity contribution is -0.253. The number of aliphatic hydroxyl groups excluding tert-OH is 2. The van der Waals surface area contributed by atoms with E-state index in [4.69, 9.17) is 33.7 Å². The zero-order valence-electron chi connectivity index (χ0n) is 37.2. The molecule has 1 aliphatic heterocycles. The molecule has 1 amide bonds. The predicted molar refractivity (Wildman–Crippen MR) is 245 cm³/mol. The molecular weight excluding hydrogens is 811 g/mol. The predicted octanol–water partition coefficient (Wildman–Crippen LogP) is 9.09. The van der Waals surface area contributed by atoms with E-state index >= 15 is 0 Å². The second-order valence-corrected chi connectivity index (χ2v) is 16.9. The van der Waals surface area contributed by atoms with E-state index < -0.39 is 23.8 Å². The molecule has 2 heterocycles. The number of fused-ring (bicyclic) bond motifs is 2. The van der Waals surface area contributed by atoms with Gasteiger partial charge in [0.25, 0.3) is 0 Å². The number of hydrogen-bond donors (Lipinski definition) is 2. The summed E-state index contributed by atoms with van der Waals surface area (Å²) in [6.07, 6.45) is 8.35. The van der Waals surface area contributed by atoms with Crippen molar-refractivity contribution in [1.82, 2.24) is 9.88 Å². The lowest BCUT2D eigenvalue weighted by Crippen LogP contribution is -2.69. The van der Waals surface area contributed by atoms with Crippen LogP contribution in [0.15, 0.2) is 127 Å². The Morgan fingerprint density at radius 2 is 1.64 bits per heavy atom. The number of amides is 1. The van der Waals surface area contributed by atoms with Gasteiger partial charge in [-0.3, -0.25) is 4.98 Å². The number of hydrogen-bond acceptors (Lipinski definition) is 11. The number of unbranched alkanes of at least 4 members (excludes halogenated alkanes) is 2. The zero-order valence-corrected chi connectivity index (χ0v) is 37.2. The average molecular weight is 874 g/mol. The van der Waals surface area contributed by atoms with Crippen LogP contribution in [-0.2, 0) is 38.9 Å². The zero-order chi connectivity index (χ0) is 44.7. The van der Waals surface area contributed by atoms with Gasteiger partial charge >= 0.3 is 6.09 Å². The van der Waals surface area contributed by atoms with Gasteiger partial charge in [-0.25, -0.2) is 4.79 Å². The summed E-state index contributed by atoms with van der Waals surface area (Å²) in [4.78, 5) is 26.6. The summed E-state index contributed by atoms with van der Waals surface area (Å²) in [6, 6.07) is 30.8. The first-order valence-corrected chi connectivity index (χ1v) is 22.7. The number of nitrogens with zero attached hydrogens (tertiary/aromatic N) is 3. The highest BCUT2D eigenvalue weighted by atomic mass is 16.7. The van der Waals surface area contributed by atoms with Gasteiger partial charge in [-0.15, -0.1) is 6.58 Å². The van der Waals surface area contributed by atoms with Crippen LogP contribution in [0.3, 0.4) is 0 Å². The lowest BCUT2D eigenvalue weighted by atomic mass is 9.55. The molecule has 0 unspecified atom stereocenters.